The lowest BCUT2D eigenvalue weighted by atomic mass is 10.2. The number of methoxy groups -OCH3 is 1. The summed E-state index contributed by atoms with van der Waals surface area (Å²) in [4.78, 5) is 12.1. The second-order valence-corrected chi connectivity index (χ2v) is 6.92. The van der Waals surface area contributed by atoms with Crippen molar-refractivity contribution in [1.82, 2.24) is 15.7 Å². The van der Waals surface area contributed by atoms with Gasteiger partial charge in [0.25, 0.3) is 5.91 Å². The van der Waals surface area contributed by atoms with Crippen LogP contribution in [0.2, 0.25) is 0 Å². The van der Waals surface area contributed by atoms with Gasteiger partial charge >= 0.3 is 5.91 Å². The fraction of sp³-hybridized carbons (Fsp3) is 0.550. The van der Waals surface area contributed by atoms with Crippen molar-refractivity contribution in [3.8, 4) is 11.5 Å². The Morgan fingerprint density at radius 1 is 1.23 bits per heavy atom. The third-order valence-electron chi connectivity index (χ3n) is 4.44. The minimum Gasteiger partial charge on any atom is -0.504 e. The summed E-state index contributed by atoms with van der Waals surface area (Å²) in [5.74, 6) is -4.26. The first-order chi connectivity index (χ1) is 14.7. The fourth-order valence-electron chi connectivity index (χ4n) is 2.57. The molecule has 11 nitrogen and oxygen atoms in total. The number of aromatic hydroxyl groups is 1. The summed E-state index contributed by atoms with van der Waals surface area (Å²) in [5, 5.41) is 55.0. The van der Waals surface area contributed by atoms with Gasteiger partial charge in [0, 0.05) is 12.6 Å². The number of amides is 1. The summed E-state index contributed by atoms with van der Waals surface area (Å²) in [5.41, 5.74) is 5.85. The zero-order valence-electron chi connectivity index (χ0n) is 17.7. The molecule has 1 rings (SSSR count). The van der Waals surface area contributed by atoms with Crippen molar-refractivity contribution >= 4 is 12.0 Å². The predicted octanol–water partition coefficient (Wildman–Crippen LogP) is -1.06. The van der Waals surface area contributed by atoms with Gasteiger partial charge in [0.15, 0.2) is 11.5 Å². The number of nitrogens with one attached hydrogen (secondary N) is 2. The highest BCUT2D eigenvalue weighted by molar-refractivity contribution is 5.91. The molecular weight excluding hydrogens is 408 g/mol. The number of aliphatic hydroxyl groups is 3. The van der Waals surface area contributed by atoms with Gasteiger partial charge in [-0.1, -0.05) is 6.07 Å². The Kier molecular flexibility index (Phi) is 12.0. The first-order valence-corrected chi connectivity index (χ1v) is 10.1. The van der Waals surface area contributed by atoms with Crippen molar-refractivity contribution in [3.05, 3.63) is 29.8 Å². The molecule has 1 aromatic carbocycles. The van der Waals surface area contributed by atoms with Gasteiger partial charge in [-0.05, 0) is 69.2 Å². The molecule has 1 unspecified atom stereocenters. The number of rotatable bonds is 15. The van der Waals surface area contributed by atoms with Crippen LogP contribution in [0.25, 0.3) is 6.08 Å². The third kappa shape index (κ3) is 9.19. The first-order valence-electron chi connectivity index (χ1n) is 10.1. The summed E-state index contributed by atoms with van der Waals surface area (Å²) >= 11 is 0. The van der Waals surface area contributed by atoms with E-state index in [-0.39, 0.29) is 23.1 Å². The van der Waals surface area contributed by atoms with E-state index in [4.69, 9.17) is 10.5 Å². The number of carbonyl (C=O) groups is 1. The molecule has 0 spiro atoms. The smallest absolute Gasteiger partial charge is 0.300 e. The van der Waals surface area contributed by atoms with Crippen molar-refractivity contribution in [2.24, 2.45) is 5.73 Å². The van der Waals surface area contributed by atoms with Crippen LogP contribution >= 0.6 is 0 Å². The van der Waals surface area contributed by atoms with E-state index < -0.39 is 17.9 Å². The molecule has 0 aliphatic heterocycles. The lowest BCUT2D eigenvalue weighted by Gasteiger charge is -2.32. The second-order valence-electron chi connectivity index (χ2n) is 6.92. The molecule has 0 saturated heterocycles. The Hall–Kier alpha value is -2.25. The van der Waals surface area contributed by atoms with Crippen LogP contribution in [-0.2, 0) is 4.79 Å². The van der Waals surface area contributed by atoms with Crippen LogP contribution in [0, 0.1) is 0 Å². The van der Waals surface area contributed by atoms with E-state index in [0.29, 0.717) is 18.7 Å². The summed E-state index contributed by atoms with van der Waals surface area (Å²) < 4.78 is 4.95. The van der Waals surface area contributed by atoms with E-state index in [1.165, 1.54) is 31.4 Å². The minimum atomic E-state index is -3.19. The topological polar surface area (TPSA) is 181 Å². The summed E-state index contributed by atoms with van der Waals surface area (Å²) in [6, 6.07) is 4.28. The number of ether oxygens (including phenoxy) is 1. The highest BCUT2D eigenvalue weighted by Gasteiger charge is 2.41. The van der Waals surface area contributed by atoms with Gasteiger partial charge in [0.1, 0.15) is 6.10 Å². The lowest BCUT2D eigenvalue weighted by Crippen LogP contribution is -2.60. The first kappa shape index (κ1) is 26.8. The van der Waals surface area contributed by atoms with Gasteiger partial charge in [-0.3, -0.25) is 10.0 Å². The molecule has 0 aliphatic carbocycles. The average molecular weight is 443 g/mol. The van der Waals surface area contributed by atoms with Crippen LogP contribution in [0.4, 0.5) is 0 Å². The predicted molar refractivity (Wildman–Crippen MR) is 114 cm³/mol. The van der Waals surface area contributed by atoms with E-state index in [9.17, 15) is 30.4 Å². The number of phenols is 1. The van der Waals surface area contributed by atoms with Crippen LogP contribution in [0.1, 0.15) is 24.8 Å². The monoisotopic (exact) mass is 442 g/mol. The molecule has 0 aromatic heterocycles. The minimum absolute atomic E-state index is 0.0852. The lowest BCUT2D eigenvalue weighted by molar-refractivity contribution is -0.371. The molecule has 1 atom stereocenters. The van der Waals surface area contributed by atoms with Crippen molar-refractivity contribution < 1.29 is 35.2 Å². The van der Waals surface area contributed by atoms with E-state index >= 15 is 0 Å². The van der Waals surface area contributed by atoms with Gasteiger partial charge in [0.05, 0.1) is 7.11 Å². The van der Waals surface area contributed by atoms with Gasteiger partial charge < -0.3 is 41.5 Å². The van der Waals surface area contributed by atoms with Crippen LogP contribution in [0.5, 0.6) is 11.5 Å². The van der Waals surface area contributed by atoms with Gasteiger partial charge in [-0.15, -0.1) is 0 Å². The zero-order chi connectivity index (χ0) is 23.3. The van der Waals surface area contributed by atoms with Gasteiger partial charge in [-0.25, -0.2) is 0 Å². The van der Waals surface area contributed by atoms with Crippen LogP contribution < -0.4 is 21.1 Å². The number of hydroxylamine groups is 2. The second kappa shape index (κ2) is 13.9. The molecule has 0 heterocycles. The van der Waals surface area contributed by atoms with E-state index in [2.05, 4.69) is 10.6 Å². The molecule has 0 bridgehead atoms. The molecule has 9 N–H and O–H groups in total. The fourth-order valence-corrected chi connectivity index (χ4v) is 2.57. The average Bonchev–Trinajstić information content (AvgIpc) is 2.76. The number of phenolic OH excluding ortho intramolecular Hbond substituents is 1. The molecule has 11 heteroatoms. The van der Waals surface area contributed by atoms with Crippen LogP contribution in [0.3, 0.4) is 0 Å². The summed E-state index contributed by atoms with van der Waals surface area (Å²) in [6.07, 6.45) is 2.88. The Morgan fingerprint density at radius 2 is 1.87 bits per heavy atom. The maximum absolute atomic E-state index is 12.1. The molecule has 176 valence electrons. The Balaban J connectivity index is 2.45. The molecular formula is C20H34N4O7. The van der Waals surface area contributed by atoms with Gasteiger partial charge in [-0.2, -0.15) is 5.06 Å². The third-order valence-corrected chi connectivity index (χ3v) is 4.44. The van der Waals surface area contributed by atoms with Crippen molar-refractivity contribution in [2.75, 3.05) is 39.8 Å². The number of hydrogen-bond donors (Lipinski definition) is 8. The van der Waals surface area contributed by atoms with Crippen LogP contribution in [-0.4, -0.2) is 88.5 Å². The molecule has 1 aromatic rings. The molecule has 0 saturated carbocycles. The highest BCUT2D eigenvalue weighted by Crippen LogP contribution is 2.26. The standard InChI is InChI=1S/C20H34N4O7/c1-31-17-13-15(5-7-16(17)25)6-8-19(27)24(30)20(28,29)18(26)14-23-11-3-2-10-22-12-4-9-21/h5-8,13,18,22-23,25-26,28-30H,2-4,9-12,14,21H2,1H3/b8-6+. The van der Waals surface area contributed by atoms with E-state index in [1.54, 1.807) is 0 Å². The SMILES string of the molecule is COc1cc(/C=C/C(=O)N(O)C(O)(O)C(O)CNCCCCNCCCN)ccc1O. The number of benzene rings is 1. The maximum Gasteiger partial charge on any atom is 0.300 e. The largest absolute Gasteiger partial charge is 0.504 e. The molecule has 31 heavy (non-hydrogen) atoms. The molecule has 0 aliphatic rings. The number of unbranched alkanes of at least 4 members (excludes halogenated alkanes) is 1. The number of nitrogens with zero attached hydrogens (tertiary/aromatic N) is 1. The molecule has 0 radical (unpaired) electrons. The van der Waals surface area contributed by atoms with Crippen molar-refractivity contribution in [1.29, 1.82) is 0 Å². The number of aliphatic hydroxyl groups excluding tert-OH is 1. The zero-order valence-corrected chi connectivity index (χ0v) is 17.7. The Labute approximate surface area is 181 Å². The quantitative estimate of drug-likeness (QED) is 0.0548. The van der Waals surface area contributed by atoms with E-state index in [1.807, 2.05) is 0 Å². The number of nitrogens with two attached hydrogens (primary N) is 1. The number of hydrogen-bond acceptors (Lipinski definition) is 10. The van der Waals surface area contributed by atoms with Crippen LogP contribution in [0.15, 0.2) is 24.3 Å². The Bertz CT molecular complexity index is 700. The highest BCUT2D eigenvalue weighted by atomic mass is 16.7. The summed E-state index contributed by atoms with van der Waals surface area (Å²) in [6.45, 7) is 2.58. The molecule has 0 fully saturated rings. The normalized spacial score (nSPS) is 12.8. The van der Waals surface area contributed by atoms with E-state index in [0.717, 1.165) is 38.4 Å². The van der Waals surface area contributed by atoms with Crippen molar-refractivity contribution in [3.63, 3.8) is 0 Å². The Morgan fingerprint density at radius 3 is 2.52 bits per heavy atom. The summed E-state index contributed by atoms with van der Waals surface area (Å²) in [7, 11) is 1.37. The number of carbonyl (C=O) groups excluding carboxylic acids is 1. The maximum atomic E-state index is 12.1. The van der Waals surface area contributed by atoms with Crippen molar-refractivity contribution in [2.45, 2.75) is 31.3 Å². The molecule has 1 amide bonds. The van der Waals surface area contributed by atoms with Gasteiger partial charge in [0.2, 0.25) is 0 Å².